The van der Waals surface area contributed by atoms with E-state index < -0.39 is 0 Å². The van der Waals surface area contributed by atoms with Crippen LogP contribution < -0.4 is 5.32 Å². The Kier molecular flexibility index (Phi) is 5.18. The van der Waals surface area contributed by atoms with Crippen LogP contribution >= 0.6 is 11.3 Å². The Hall–Kier alpha value is -0.420. The molecule has 1 aromatic heterocycles. The number of thiophene rings is 1. The maximum Gasteiger partial charge on any atom is 0.0327 e. The normalized spacial score (nSPS) is 21.7. The van der Waals surface area contributed by atoms with Gasteiger partial charge in [0.05, 0.1) is 0 Å². The Labute approximate surface area is 115 Å². The van der Waals surface area contributed by atoms with Crippen LogP contribution in [0.5, 0.6) is 0 Å². The first-order valence-electron chi connectivity index (χ1n) is 6.79. The molecule has 1 aromatic rings. The van der Waals surface area contributed by atoms with E-state index in [0.29, 0.717) is 6.04 Å². The quantitative estimate of drug-likeness (QED) is 0.877. The molecule has 102 valence electrons. The molecule has 0 aliphatic carbocycles. The highest BCUT2D eigenvalue weighted by atomic mass is 32.1. The van der Waals surface area contributed by atoms with Crippen LogP contribution in [0, 0.1) is 6.92 Å². The van der Waals surface area contributed by atoms with Crippen molar-refractivity contribution in [1.82, 2.24) is 15.1 Å². The lowest BCUT2D eigenvalue weighted by molar-refractivity contribution is 0.172. The second-order valence-electron chi connectivity index (χ2n) is 5.39. The van der Waals surface area contributed by atoms with Crippen LogP contribution in [-0.2, 0) is 6.54 Å². The minimum absolute atomic E-state index is 0.700. The average Bonchev–Trinajstić information content (AvgIpc) is 2.74. The first kappa shape index (κ1) is 14.0. The van der Waals surface area contributed by atoms with Gasteiger partial charge in [0.1, 0.15) is 0 Å². The zero-order chi connectivity index (χ0) is 13.0. The van der Waals surface area contributed by atoms with Crippen molar-refractivity contribution in [2.45, 2.75) is 25.9 Å². The van der Waals surface area contributed by atoms with Gasteiger partial charge in [0, 0.05) is 37.1 Å². The predicted octanol–water partition coefficient (Wildman–Crippen LogP) is 1.78. The van der Waals surface area contributed by atoms with Gasteiger partial charge in [-0.1, -0.05) is 0 Å². The molecule has 4 heteroatoms. The summed E-state index contributed by atoms with van der Waals surface area (Å²) in [5.74, 6) is 0. The number of nitrogens with one attached hydrogen (secondary N) is 1. The Bertz CT molecular complexity index is 364. The minimum Gasteiger partial charge on any atom is -0.314 e. The standard InChI is InChI=1S/C14H25N3S/c1-12-5-9-18-14(12)11-16(2)7-4-13-10-15-6-8-17(13)3/h5,9,13,15H,4,6-8,10-11H2,1-3H3. The van der Waals surface area contributed by atoms with Crippen LogP contribution in [0.15, 0.2) is 11.4 Å². The van der Waals surface area contributed by atoms with Gasteiger partial charge in [0.25, 0.3) is 0 Å². The van der Waals surface area contributed by atoms with Gasteiger partial charge >= 0.3 is 0 Å². The molecule has 3 nitrogen and oxygen atoms in total. The molecule has 1 N–H and O–H groups in total. The van der Waals surface area contributed by atoms with Crippen molar-refractivity contribution in [2.24, 2.45) is 0 Å². The summed E-state index contributed by atoms with van der Waals surface area (Å²) in [7, 11) is 4.48. The van der Waals surface area contributed by atoms with Crippen molar-refractivity contribution >= 4 is 11.3 Å². The molecule has 2 rings (SSSR count). The molecule has 2 heterocycles. The molecular formula is C14H25N3S. The molecule has 1 unspecified atom stereocenters. The van der Waals surface area contributed by atoms with E-state index in [4.69, 9.17) is 0 Å². The SMILES string of the molecule is Cc1ccsc1CN(C)CCC1CNCCN1C. The number of aryl methyl sites for hydroxylation is 1. The molecule has 1 atom stereocenters. The van der Waals surface area contributed by atoms with E-state index in [9.17, 15) is 0 Å². The third-order valence-corrected chi connectivity index (χ3v) is 4.88. The van der Waals surface area contributed by atoms with Crippen molar-refractivity contribution in [3.8, 4) is 0 Å². The monoisotopic (exact) mass is 267 g/mol. The predicted molar refractivity (Wildman–Crippen MR) is 79.3 cm³/mol. The Morgan fingerprint density at radius 2 is 2.39 bits per heavy atom. The molecule has 0 amide bonds. The number of likely N-dealkylation sites (N-methyl/N-ethyl adjacent to an activating group) is 1. The lowest BCUT2D eigenvalue weighted by Gasteiger charge is -2.34. The second kappa shape index (κ2) is 6.66. The summed E-state index contributed by atoms with van der Waals surface area (Å²) < 4.78 is 0. The maximum atomic E-state index is 3.49. The number of piperazine rings is 1. The molecule has 1 fully saturated rings. The van der Waals surface area contributed by atoms with Gasteiger partial charge in [-0.05, 0) is 51.0 Å². The van der Waals surface area contributed by atoms with Crippen LogP contribution in [0.4, 0.5) is 0 Å². The van der Waals surface area contributed by atoms with Crippen LogP contribution in [0.2, 0.25) is 0 Å². The van der Waals surface area contributed by atoms with E-state index in [1.165, 1.54) is 30.0 Å². The summed E-state index contributed by atoms with van der Waals surface area (Å²) in [6, 6.07) is 2.91. The number of hydrogen-bond acceptors (Lipinski definition) is 4. The first-order chi connectivity index (χ1) is 8.66. The Morgan fingerprint density at radius 3 is 3.06 bits per heavy atom. The molecule has 18 heavy (non-hydrogen) atoms. The highest BCUT2D eigenvalue weighted by Gasteiger charge is 2.18. The van der Waals surface area contributed by atoms with Crippen molar-refractivity contribution in [3.05, 3.63) is 21.9 Å². The Balaban J connectivity index is 1.74. The van der Waals surface area contributed by atoms with E-state index in [1.54, 1.807) is 0 Å². The smallest absolute Gasteiger partial charge is 0.0327 e. The minimum atomic E-state index is 0.700. The second-order valence-corrected chi connectivity index (χ2v) is 6.39. The molecular weight excluding hydrogens is 242 g/mol. The molecule has 0 aromatic carbocycles. The summed E-state index contributed by atoms with van der Waals surface area (Å²) >= 11 is 1.88. The molecule has 0 bridgehead atoms. The summed E-state index contributed by atoms with van der Waals surface area (Å²) in [6.07, 6.45) is 1.25. The highest BCUT2D eigenvalue weighted by Crippen LogP contribution is 2.17. The van der Waals surface area contributed by atoms with Crippen LogP contribution in [0.1, 0.15) is 16.9 Å². The number of hydrogen-bond donors (Lipinski definition) is 1. The topological polar surface area (TPSA) is 18.5 Å². The summed E-state index contributed by atoms with van der Waals surface area (Å²) in [6.45, 7) is 7.93. The highest BCUT2D eigenvalue weighted by molar-refractivity contribution is 7.10. The number of nitrogens with zero attached hydrogens (tertiary/aromatic N) is 2. The summed E-state index contributed by atoms with van der Waals surface area (Å²) in [5, 5.41) is 5.68. The van der Waals surface area contributed by atoms with Gasteiger partial charge in [0.15, 0.2) is 0 Å². The van der Waals surface area contributed by atoms with Gasteiger partial charge in [-0.3, -0.25) is 0 Å². The van der Waals surface area contributed by atoms with Gasteiger partial charge < -0.3 is 15.1 Å². The van der Waals surface area contributed by atoms with Gasteiger partial charge in [0.2, 0.25) is 0 Å². The van der Waals surface area contributed by atoms with Gasteiger partial charge in [-0.2, -0.15) is 0 Å². The van der Waals surface area contributed by atoms with Crippen molar-refractivity contribution in [1.29, 1.82) is 0 Å². The van der Waals surface area contributed by atoms with Crippen LogP contribution in [0.3, 0.4) is 0 Å². The lowest BCUT2D eigenvalue weighted by atomic mass is 10.1. The fraction of sp³-hybridized carbons (Fsp3) is 0.714. The van der Waals surface area contributed by atoms with Gasteiger partial charge in [-0.25, -0.2) is 0 Å². The molecule has 0 saturated carbocycles. The van der Waals surface area contributed by atoms with Crippen molar-refractivity contribution < 1.29 is 0 Å². The Morgan fingerprint density at radius 1 is 1.56 bits per heavy atom. The third-order valence-electron chi connectivity index (χ3n) is 3.87. The van der Waals surface area contributed by atoms with E-state index in [1.807, 2.05) is 11.3 Å². The molecule has 1 aliphatic rings. The summed E-state index contributed by atoms with van der Waals surface area (Å²) in [4.78, 5) is 6.44. The first-order valence-corrected chi connectivity index (χ1v) is 7.67. The van der Waals surface area contributed by atoms with Crippen LogP contribution in [0.25, 0.3) is 0 Å². The molecule has 1 saturated heterocycles. The zero-order valence-electron chi connectivity index (χ0n) is 11.8. The average molecular weight is 267 g/mol. The molecule has 0 spiro atoms. The van der Waals surface area contributed by atoms with Crippen LogP contribution in [-0.4, -0.2) is 56.1 Å². The van der Waals surface area contributed by atoms with E-state index >= 15 is 0 Å². The third kappa shape index (κ3) is 3.79. The van der Waals surface area contributed by atoms with E-state index in [0.717, 1.165) is 19.6 Å². The van der Waals surface area contributed by atoms with Crippen molar-refractivity contribution in [2.75, 3.05) is 40.3 Å². The maximum absolute atomic E-state index is 3.49. The largest absolute Gasteiger partial charge is 0.314 e. The van der Waals surface area contributed by atoms with E-state index in [-0.39, 0.29) is 0 Å². The summed E-state index contributed by atoms with van der Waals surface area (Å²) in [5.41, 5.74) is 1.43. The zero-order valence-corrected chi connectivity index (χ0v) is 12.6. The lowest BCUT2D eigenvalue weighted by Crippen LogP contribution is -2.50. The van der Waals surface area contributed by atoms with Crippen molar-refractivity contribution in [3.63, 3.8) is 0 Å². The number of rotatable bonds is 5. The van der Waals surface area contributed by atoms with E-state index in [2.05, 4.69) is 47.6 Å². The fourth-order valence-electron chi connectivity index (χ4n) is 2.44. The van der Waals surface area contributed by atoms with Gasteiger partial charge in [-0.15, -0.1) is 11.3 Å². The molecule has 0 radical (unpaired) electrons. The fourth-order valence-corrected chi connectivity index (χ4v) is 3.43. The molecule has 1 aliphatic heterocycles.